The van der Waals surface area contributed by atoms with Crippen LogP contribution in [0.5, 0.6) is 0 Å². The van der Waals surface area contributed by atoms with Crippen molar-refractivity contribution in [3.63, 3.8) is 0 Å². The van der Waals surface area contributed by atoms with Gasteiger partial charge in [0, 0.05) is 37.9 Å². The summed E-state index contributed by atoms with van der Waals surface area (Å²) >= 11 is 0. The largest absolute Gasteiger partial charge is 0.420 e. The predicted octanol–water partition coefficient (Wildman–Crippen LogP) is 2.69. The highest BCUT2D eigenvalue weighted by molar-refractivity contribution is 5.58. The molecule has 2 aliphatic heterocycles. The van der Waals surface area contributed by atoms with Crippen LogP contribution in [0.4, 0.5) is 5.69 Å². The molecular formula is C20H29N5O. The Morgan fingerprint density at radius 2 is 1.73 bits per heavy atom. The van der Waals surface area contributed by atoms with Crippen LogP contribution in [0.2, 0.25) is 0 Å². The first-order valence-corrected chi connectivity index (χ1v) is 9.64. The molecule has 0 aliphatic carbocycles. The molecule has 0 amide bonds. The van der Waals surface area contributed by atoms with Gasteiger partial charge in [-0.25, -0.2) is 0 Å². The molecule has 0 spiro atoms. The fourth-order valence-electron chi connectivity index (χ4n) is 4.10. The predicted molar refractivity (Wildman–Crippen MR) is 104 cm³/mol. The van der Waals surface area contributed by atoms with Crippen LogP contribution in [0, 0.1) is 0 Å². The maximum Gasteiger partial charge on any atom is 0.247 e. The number of benzene rings is 1. The summed E-state index contributed by atoms with van der Waals surface area (Å²) < 4.78 is 6.04. The van der Waals surface area contributed by atoms with Crippen molar-refractivity contribution in [1.82, 2.24) is 20.0 Å². The van der Waals surface area contributed by atoms with E-state index in [0.717, 1.165) is 42.7 Å². The van der Waals surface area contributed by atoms with Gasteiger partial charge in [-0.1, -0.05) is 0 Å². The SMILES string of the molecule is CN1CCC(N2CC[C@H](c3nnc(-c4ccc(N(C)C)cc4)o3)C2)CC1. The Labute approximate surface area is 155 Å². The molecule has 2 saturated heterocycles. The third kappa shape index (κ3) is 3.62. The Morgan fingerprint density at radius 3 is 2.42 bits per heavy atom. The molecule has 1 aromatic carbocycles. The Hall–Kier alpha value is -1.92. The van der Waals surface area contributed by atoms with Crippen LogP contribution in [0.25, 0.3) is 11.5 Å². The summed E-state index contributed by atoms with van der Waals surface area (Å²) in [6, 6.07) is 8.97. The summed E-state index contributed by atoms with van der Waals surface area (Å²) in [7, 11) is 6.29. The minimum atomic E-state index is 0.372. The minimum absolute atomic E-state index is 0.372. The number of aromatic nitrogens is 2. The molecule has 0 N–H and O–H groups in total. The van der Waals surface area contributed by atoms with E-state index in [1.54, 1.807) is 0 Å². The van der Waals surface area contributed by atoms with Crippen molar-refractivity contribution in [2.75, 3.05) is 52.2 Å². The van der Waals surface area contributed by atoms with Crippen LogP contribution in [-0.4, -0.2) is 73.4 Å². The summed E-state index contributed by atoms with van der Waals surface area (Å²) in [4.78, 5) is 7.14. The molecular weight excluding hydrogens is 326 g/mol. The molecule has 0 saturated carbocycles. The van der Waals surface area contributed by atoms with Crippen molar-refractivity contribution >= 4 is 5.69 Å². The van der Waals surface area contributed by atoms with E-state index in [9.17, 15) is 0 Å². The summed E-state index contributed by atoms with van der Waals surface area (Å²) in [6.45, 7) is 4.61. The number of likely N-dealkylation sites (tertiary alicyclic amines) is 2. The van der Waals surface area contributed by atoms with Gasteiger partial charge in [0.2, 0.25) is 11.8 Å². The van der Waals surface area contributed by atoms with Crippen molar-refractivity contribution in [3.8, 4) is 11.5 Å². The zero-order chi connectivity index (χ0) is 18.1. The second-order valence-corrected chi connectivity index (χ2v) is 7.90. The zero-order valence-corrected chi connectivity index (χ0v) is 16.1. The van der Waals surface area contributed by atoms with E-state index in [-0.39, 0.29) is 0 Å². The first kappa shape index (κ1) is 17.5. The topological polar surface area (TPSA) is 48.6 Å². The average Bonchev–Trinajstić information content (AvgIpc) is 3.32. The van der Waals surface area contributed by atoms with Crippen molar-refractivity contribution in [2.45, 2.75) is 31.2 Å². The van der Waals surface area contributed by atoms with E-state index in [2.05, 4.69) is 44.1 Å². The van der Waals surface area contributed by atoms with Crippen LogP contribution in [-0.2, 0) is 0 Å². The van der Waals surface area contributed by atoms with E-state index in [4.69, 9.17) is 4.42 Å². The van der Waals surface area contributed by atoms with Crippen LogP contribution in [0.15, 0.2) is 28.7 Å². The fourth-order valence-corrected chi connectivity index (χ4v) is 4.10. The highest BCUT2D eigenvalue weighted by Crippen LogP contribution is 2.31. The molecule has 1 atom stereocenters. The maximum absolute atomic E-state index is 6.04. The molecule has 0 radical (unpaired) electrons. The highest BCUT2D eigenvalue weighted by atomic mass is 16.4. The monoisotopic (exact) mass is 355 g/mol. The van der Waals surface area contributed by atoms with Gasteiger partial charge in [-0.15, -0.1) is 10.2 Å². The second kappa shape index (κ2) is 7.37. The Bertz CT molecular complexity index is 718. The standard InChI is InChI=1S/C20H29N5O/c1-23(2)17-6-4-15(5-7-17)19-21-22-20(26-19)16-8-13-25(14-16)18-9-11-24(3)12-10-18/h4-7,16,18H,8-14H2,1-3H3/t16-/m0/s1. The van der Waals surface area contributed by atoms with Gasteiger partial charge in [0.05, 0.1) is 5.92 Å². The molecule has 0 bridgehead atoms. The maximum atomic E-state index is 6.04. The molecule has 2 fully saturated rings. The molecule has 140 valence electrons. The first-order chi connectivity index (χ1) is 12.6. The summed E-state index contributed by atoms with van der Waals surface area (Å²) in [5.74, 6) is 1.80. The van der Waals surface area contributed by atoms with E-state index in [0.29, 0.717) is 11.8 Å². The van der Waals surface area contributed by atoms with Gasteiger partial charge in [-0.2, -0.15) is 0 Å². The van der Waals surface area contributed by atoms with Gasteiger partial charge in [0.25, 0.3) is 0 Å². The van der Waals surface area contributed by atoms with Gasteiger partial charge in [0.15, 0.2) is 0 Å². The first-order valence-electron chi connectivity index (χ1n) is 9.64. The van der Waals surface area contributed by atoms with E-state index < -0.39 is 0 Å². The Morgan fingerprint density at radius 1 is 1.00 bits per heavy atom. The summed E-state index contributed by atoms with van der Waals surface area (Å²) in [5.41, 5.74) is 2.15. The normalized spacial score (nSPS) is 22.8. The summed E-state index contributed by atoms with van der Waals surface area (Å²) in [6.07, 6.45) is 3.67. The lowest BCUT2D eigenvalue weighted by molar-refractivity contribution is 0.141. The third-order valence-electron chi connectivity index (χ3n) is 5.84. The molecule has 2 aromatic rings. The van der Waals surface area contributed by atoms with Crippen molar-refractivity contribution in [3.05, 3.63) is 30.2 Å². The quantitative estimate of drug-likeness (QED) is 0.840. The minimum Gasteiger partial charge on any atom is -0.420 e. The van der Waals surface area contributed by atoms with Gasteiger partial charge in [-0.3, -0.25) is 4.90 Å². The van der Waals surface area contributed by atoms with Crippen molar-refractivity contribution in [2.24, 2.45) is 0 Å². The molecule has 4 rings (SSSR count). The molecule has 26 heavy (non-hydrogen) atoms. The van der Waals surface area contributed by atoms with Crippen molar-refractivity contribution in [1.29, 1.82) is 0 Å². The third-order valence-corrected chi connectivity index (χ3v) is 5.84. The number of nitrogens with zero attached hydrogens (tertiary/aromatic N) is 5. The van der Waals surface area contributed by atoms with E-state index in [1.807, 2.05) is 26.2 Å². The highest BCUT2D eigenvalue weighted by Gasteiger charge is 2.33. The van der Waals surface area contributed by atoms with Crippen LogP contribution in [0.1, 0.15) is 31.1 Å². The number of hydrogen-bond donors (Lipinski definition) is 0. The molecule has 3 heterocycles. The van der Waals surface area contributed by atoms with Gasteiger partial charge < -0.3 is 14.2 Å². The van der Waals surface area contributed by atoms with Gasteiger partial charge in [-0.05, 0) is 70.2 Å². The molecule has 0 unspecified atom stereocenters. The summed E-state index contributed by atoms with van der Waals surface area (Å²) in [5, 5.41) is 8.66. The van der Waals surface area contributed by atoms with Crippen molar-refractivity contribution < 1.29 is 4.42 Å². The Kier molecular flexibility index (Phi) is 4.96. The fraction of sp³-hybridized carbons (Fsp3) is 0.600. The molecule has 1 aromatic heterocycles. The number of rotatable bonds is 4. The molecule has 6 heteroatoms. The Balaban J connectivity index is 1.40. The zero-order valence-electron chi connectivity index (χ0n) is 16.1. The number of hydrogen-bond acceptors (Lipinski definition) is 6. The van der Waals surface area contributed by atoms with Crippen LogP contribution in [0.3, 0.4) is 0 Å². The smallest absolute Gasteiger partial charge is 0.247 e. The van der Waals surface area contributed by atoms with Gasteiger partial charge >= 0.3 is 0 Å². The van der Waals surface area contributed by atoms with Gasteiger partial charge in [0.1, 0.15) is 0 Å². The average molecular weight is 355 g/mol. The lowest BCUT2D eigenvalue weighted by Gasteiger charge is -2.35. The second-order valence-electron chi connectivity index (χ2n) is 7.90. The number of piperidine rings is 1. The van der Waals surface area contributed by atoms with Crippen LogP contribution < -0.4 is 4.90 Å². The molecule has 2 aliphatic rings. The number of anilines is 1. The lowest BCUT2D eigenvalue weighted by atomic mass is 10.0. The van der Waals surface area contributed by atoms with Crippen LogP contribution >= 0.6 is 0 Å². The lowest BCUT2D eigenvalue weighted by Crippen LogP contribution is -2.42. The van der Waals surface area contributed by atoms with E-state index in [1.165, 1.54) is 25.9 Å². The van der Waals surface area contributed by atoms with E-state index >= 15 is 0 Å². The molecule has 6 nitrogen and oxygen atoms in total.